The molecule has 0 unspecified atom stereocenters. The molecule has 0 aliphatic heterocycles. The lowest BCUT2D eigenvalue weighted by Crippen LogP contribution is -2.01. The molecule has 0 aromatic heterocycles. The number of ketones is 1. The number of halogens is 4. The van der Waals surface area contributed by atoms with Crippen LogP contribution >= 0.6 is 15.9 Å². The van der Waals surface area contributed by atoms with Gasteiger partial charge in [0, 0.05) is 11.1 Å². The van der Waals surface area contributed by atoms with Crippen molar-refractivity contribution in [2.24, 2.45) is 0 Å². The Morgan fingerprint density at radius 1 is 1.43 bits per heavy atom. The molecular weight excluding hydrogens is 261 g/mol. The van der Waals surface area contributed by atoms with Gasteiger partial charge in [-0.15, -0.1) is 0 Å². The second-order valence-electron chi connectivity index (χ2n) is 2.71. The number of carbonyl (C=O) groups is 1. The number of rotatable bonds is 2. The van der Waals surface area contributed by atoms with Crippen LogP contribution in [0.15, 0.2) is 16.6 Å². The SMILES string of the molecule is CC(=O)c1cc(F)c(Br)cc1C(F)F. The van der Waals surface area contributed by atoms with Gasteiger partial charge in [-0.3, -0.25) is 4.79 Å². The van der Waals surface area contributed by atoms with Crippen LogP contribution < -0.4 is 0 Å². The molecule has 0 amide bonds. The molecule has 0 saturated heterocycles. The molecule has 0 heterocycles. The first-order chi connectivity index (χ1) is 6.43. The molecule has 1 nitrogen and oxygen atoms in total. The van der Waals surface area contributed by atoms with E-state index in [4.69, 9.17) is 0 Å². The Morgan fingerprint density at radius 3 is 2.43 bits per heavy atom. The largest absolute Gasteiger partial charge is 0.294 e. The standard InChI is InChI=1S/C9H6BrF3O/c1-4(14)5-3-8(11)7(10)2-6(5)9(12)13/h2-3,9H,1H3. The van der Waals surface area contributed by atoms with Crippen molar-refractivity contribution in [1.82, 2.24) is 0 Å². The third kappa shape index (κ3) is 2.15. The number of hydrogen-bond donors (Lipinski definition) is 0. The quantitative estimate of drug-likeness (QED) is 0.746. The summed E-state index contributed by atoms with van der Waals surface area (Å²) < 4.78 is 37.7. The fourth-order valence-electron chi connectivity index (χ4n) is 1.05. The third-order valence-corrected chi connectivity index (χ3v) is 2.31. The van der Waals surface area contributed by atoms with E-state index in [0.29, 0.717) is 0 Å². The normalized spacial score (nSPS) is 10.7. The van der Waals surface area contributed by atoms with Gasteiger partial charge in [-0.05, 0) is 35.0 Å². The summed E-state index contributed by atoms with van der Waals surface area (Å²) in [7, 11) is 0. The molecule has 1 aromatic rings. The molecule has 0 fully saturated rings. The number of hydrogen-bond acceptors (Lipinski definition) is 1. The van der Waals surface area contributed by atoms with Crippen LogP contribution in [0, 0.1) is 5.82 Å². The number of alkyl halides is 2. The van der Waals surface area contributed by atoms with E-state index >= 15 is 0 Å². The van der Waals surface area contributed by atoms with Crippen LogP contribution in [-0.2, 0) is 0 Å². The number of Topliss-reactive ketones (excluding diaryl/α,β-unsaturated/α-hetero) is 1. The zero-order valence-corrected chi connectivity index (χ0v) is 8.74. The summed E-state index contributed by atoms with van der Waals surface area (Å²) in [5, 5.41) is 0. The second kappa shape index (κ2) is 4.13. The minimum Gasteiger partial charge on any atom is -0.294 e. The smallest absolute Gasteiger partial charge is 0.264 e. The molecule has 0 aliphatic carbocycles. The molecule has 14 heavy (non-hydrogen) atoms. The predicted octanol–water partition coefficient (Wildman–Crippen LogP) is 3.73. The lowest BCUT2D eigenvalue weighted by atomic mass is 10.0. The van der Waals surface area contributed by atoms with Gasteiger partial charge in [0.05, 0.1) is 4.47 Å². The lowest BCUT2D eigenvalue weighted by molar-refractivity contribution is 0.0998. The van der Waals surface area contributed by atoms with Crippen LogP contribution in [0.1, 0.15) is 29.3 Å². The van der Waals surface area contributed by atoms with Crippen molar-refractivity contribution in [3.05, 3.63) is 33.5 Å². The zero-order chi connectivity index (χ0) is 10.9. The van der Waals surface area contributed by atoms with Crippen molar-refractivity contribution in [3.8, 4) is 0 Å². The number of benzene rings is 1. The fourth-order valence-corrected chi connectivity index (χ4v) is 1.41. The van der Waals surface area contributed by atoms with Crippen molar-refractivity contribution in [3.63, 3.8) is 0 Å². The van der Waals surface area contributed by atoms with Crippen molar-refractivity contribution in [2.45, 2.75) is 13.3 Å². The van der Waals surface area contributed by atoms with Gasteiger partial charge in [0.25, 0.3) is 6.43 Å². The first-order valence-corrected chi connectivity index (χ1v) is 4.50. The Bertz CT molecular complexity index is 377. The van der Waals surface area contributed by atoms with E-state index in [9.17, 15) is 18.0 Å². The molecule has 0 atom stereocenters. The molecule has 0 spiro atoms. The highest BCUT2D eigenvalue weighted by Crippen LogP contribution is 2.28. The molecule has 1 rings (SSSR count). The Balaban J connectivity index is 3.39. The van der Waals surface area contributed by atoms with Crippen LogP contribution in [0.2, 0.25) is 0 Å². The topological polar surface area (TPSA) is 17.1 Å². The predicted molar refractivity (Wildman–Crippen MR) is 49.1 cm³/mol. The van der Waals surface area contributed by atoms with E-state index in [1.54, 1.807) is 0 Å². The Kier molecular flexibility index (Phi) is 3.31. The van der Waals surface area contributed by atoms with E-state index in [0.717, 1.165) is 19.1 Å². The van der Waals surface area contributed by atoms with Gasteiger partial charge in [0.1, 0.15) is 5.82 Å². The molecular formula is C9H6BrF3O. The summed E-state index contributed by atoms with van der Waals surface area (Å²) in [6.07, 6.45) is -2.79. The Morgan fingerprint density at radius 2 is 2.00 bits per heavy atom. The second-order valence-corrected chi connectivity index (χ2v) is 3.56. The average Bonchev–Trinajstić information content (AvgIpc) is 2.08. The molecule has 0 aliphatic rings. The lowest BCUT2D eigenvalue weighted by Gasteiger charge is -2.07. The summed E-state index contributed by atoms with van der Waals surface area (Å²) in [6, 6.07) is 1.74. The summed E-state index contributed by atoms with van der Waals surface area (Å²) in [6.45, 7) is 1.12. The van der Waals surface area contributed by atoms with Gasteiger partial charge in [0.2, 0.25) is 0 Å². The summed E-state index contributed by atoms with van der Waals surface area (Å²) in [4.78, 5) is 10.9. The molecule has 76 valence electrons. The zero-order valence-electron chi connectivity index (χ0n) is 7.15. The van der Waals surface area contributed by atoms with E-state index < -0.39 is 23.6 Å². The van der Waals surface area contributed by atoms with Gasteiger partial charge in [0.15, 0.2) is 5.78 Å². The Hall–Kier alpha value is -0.840. The molecule has 0 radical (unpaired) electrons. The average molecular weight is 267 g/mol. The summed E-state index contributed by atoms with van der Waals surface area (Å²) in [5.74, 6) is -1.30. The minimum atomic E-state index is -2.79. The minimum absolute atomic E-state index is 0.0715. The Labute approximate surface area is 87.1 Å². The van der Waals surface area contributed by atoms with Crippen LogP contribution in [-0.4, -0.2) is 5.78 Å². The van der Waals surface area contributed by atoms with Gasteiger partial charge in [-0.1, -0.05) is 0 Å². The van der Waals surface area contributed by atoms with Crippen molar-refractivity contribution in [2.75, 3.05) is 0 Å². The van der Waals surface area contributed by atoms with Gasteiger partial charge in [-0.25, -0.2) is 13.2 Å². The molecule has 0 N–H and O–H groups in total. The van der Waals surface area contributed by atoms with E-state index in [2.05, 4.69) is 15.9 Å². The molecule has 0 saturated carbocycles. The summed E-state index contributed by atoms with van der Waals surface area (Å²) in [5.41, 5.74) is -0.730. The maximum Gasteiger partial charge on any atom is 0.264 e. The molecule has 0 bridgehead atoms. The molecule has 1 aromatic carbocycles. The highest BCUT2D eigenvalue weighted by atomic mass is 79.9. The van der Waals surface area contributed by atoms with E-state index in [-0.39, 0.29) is 10.0 Å². The molecule has 5 heteroatoms. The van der Waals surface area contributed by atoms with Crippen LogP contribution in [0.5, 0.6) is 0 Å². The van der Waals surface area contributed by atoms with Gasteiger partial charge >= 0.3 is 0 Å². The highest BCUT2D eigenvalue weighted by molar-refractivity contribution is 9.10. The first kappa shape index (κ1) is 11.2. The van der Waals surface area contributed by atoms with Crippen LogP contribution in [0.4, 0.5) is 13.2 Å². The van der Waals surface area contributed by atoms with E-state index in [1.165, 1.54) is 0 Å². The highest BCUT2D eigenvalue weighted by Gasteiger charge is 2.18. The maximum absolute atomic E-state index is 12.9. The van der Waals surface area contributed by atoms with Crippen molar-refractivity contribution < 1.29 is 18.0 Å². The van der Waals surface area contributed by atoms with Crippen LogP contribution in [0.25, 0.3) is 0 Å². The van der Waals surface area contributed by atoms with Gasteiger partial charge < -0.3 is 0 Å². The monoisotopic (exact) mass is 266 g/mol. The third-order valence-electron chi connectivity index (χ3n) is 1.71. The summed E-state index contributed by atoms with van der Waals surface area (Å²) >= 11 is 2.78. The van der Waals surface area contributed by atoms with Gasteiger partial charge in [-0.2, -0.15) is 0 Å². The van der Waals surface area contributed by atoms with Crippen LogP contribution in [0.3, 0.4) is 0 Å². The fraction of sp³-hybridized carbons (Fsp3) is 0.222. The van der Waals surface area contributed by atoms with E-state index in [1.807, 2.05) is 0 Å². The van der Waals surface area contributed by atoms with Crippen molar-refractivity contribution >= 4 is 21.7 Å². The van der Waals surface area contributed by atoms with Crippen molar-refractivity contribution in [1.29, 1.82) is 0 Å². The first-order valence-electron chi connectivity index (χ1n) is 3.71. The number of carbonyl (C=O) groups excluding carboxylic acids is 1. The maximum atomic E-state index is 12.9.